The number of fused-ring (bicyclic) bond motifs is 1. The quantitative estimate of drug-likeness (QED) is 0.439. The second kappa shape index (κ2) is 7.66. The zero-order valence-corrected chi connectivity index (χ0v) is 15.8. The molecule has 3 aromatic carbocycles. The van der Waals surface area contributed by atoms with Crippen molar-refractivity contribution in [1.29, 1.82) is 0 Å². The minimum atomic E-state index is -0.394. The first-order valence-electron chi connectivity index (χ1n) is 8.63. The van der Waals surface area contributed by atoms with Crippen molar-refractivity contribution in [3.63, 3.8) is 0 Å². The van der Waals surface area contributed by atoms with E-state index in [1.54, 1.807) is 37.4 Å². The van der Waals surface area contributed by atoms with Crippen molar-refractivity contribution in [2.45, 2.75) is 0 Å². The first-order chi connectivity index (χ1) is 13.7. The fourth-order valence-corrected chi connectivity index (χ4v) is 3.20. The summed E-state index contributed by atoms with van der Waals surface area (Å²) in [6.07, 6.45) is 0. The Morgan fingerprint density at radius 3 is 2.57 bits per heavy atom. The lowest BCUT2D eigenvalue weighted by Gasteiger charge is -2.08. The van der Waals surface area contributed by atoms with E-state index in [4.69, 9.17) is 20.8 Å². The van der Waals surface area contributed by atoms with Gasteiger partial charge in [0.15, 0.2) is 0 Å². The molecule has 0 bridgehead atoms. The van der Waals surface area contributed by atoms with Gasteiger partial charge in [-0.25, -0.2) is 0 Å². The monoisotopic (exact) mass is 392 g/mol. The molecule has 0 aliphatic rings. The van der Waals surface area contributed by atoms with Crippen LogP contribution in [-0.4, -0.2) is 13.0 Å². The van der Waals surface area contributed by atoms with Crippen LogP contribution < -0.4 is 15.6 Å². The second-order valence-corrected chi connectivity index (χ2v) is 6.56. The smallest absolute Gasteiger partial charge is 0.305 e. The van der Waals surface area contributed by atoms with Crippen molar-refractivity contribution in [3.8, 4) is 16.9 Å². The van der Waals surface area contributed by atoms with E-state index in [2.05, 4.69) is 10.9 Å². The number of ether oxygens (including phenoxy) is 1. The van der Waals surface area contributed by atoms with Crippen molar-refractivity contribution in [3.05, 3.63) is 83.6 Å². The second-order valence-electron chi connectivity index (χ2n) is 6.12. The maximum absolute atomic E-state index is 12.9. The maximum atomic E-state index is 12.9. The highest BCUT2D eigenvalue weighted by atomic mass is 35.5. The van der Waals surface area contributed by atoms with Gasteiger partial charge in [-0.1, -0.05) is 48.0 Å². The first kappa shape index (κ1) is 17.9. The normalized spacial score (nSPS) is 10.6. The van der Waals surface area contributed by atoms with E-state index in [-0.39, 0.29) is 5.76 Å². The van der Waals surface area contributed by atoms with Crippen LogP contribution in [0, 0.1) is 0 Å². The molecule has 1 amide bonds. The van der Waals surface area contributed by atoms with Crippen LogP contribution in [0.1, 0.15) is 10.6 Å². The molecule has 6 heteroatoms. The van der Waals surface area contributed by atoms with Crippen molar-refractivity contribution in [2.75, 3.05) is 12.5 Å². The van der Waals surface area contributed by atoms with Crippen molar-refractivity contribution in [2.24, 2.45) is 0 Å². The highest BCUT2D eigenvalue weighted by Gasteiger charge is 2.22. The first-order valence-corrected chi connectivity index (χ1v) is 9.01. The molecule has 4 rings (SSSR count). The van der Waals surface area contributed by atoms with Gasteiger partial charge >= 0.3 is 5.91 Å². The molecule has 0 atom stereocenters. The Balaban J connectivity index is 1.73. The topological polar surface area (TPSA) is 63.5 Å². The third kappa shape index (κ3) is 3.52. The maximum Gasteiger partial charge on any atom is 0.305 e. The number of halogens is 1. The van der Waals surface area contributed by atoms with Gasteiger partial charge in [-0.2, -0.15) is 0 Å². The molecule has 0 aliphatic heterocycles. The number of carbonyl (C=O) groups is 1. The van der Waals surface area contributed by atoms with E-state index in [0.717, 1.165) is 16.5 Å². The average molecular weight is 393 g/mol. The Kier molecular flexibility index (Phi) is 4.91. The summed E-state index contributed by atoms with van der Waals surface area (Å²) in [5, 5.41) is 1.40. The van der Waals surface area contributed by atoms with Crippen LogP contribution in [0.5, 0.6) is 5.75 Å². The highest BCUT2D eigenvalue weighted by Crippen LogP contribution is 2.36. The number of hydrogen-bond donors (Lipinski definition) is 2. The fourth-order valence-electron chi connectivity index (χ4n) is 3.01. The highest BCUT2D eigenvalue weighted by molar-refractivity contribution is 6.30. The predicted molar refractivity (Wildman–Crippen MR) is 111 cm³/mol. The number of rotatable bonds is 5. The number of furan rings is 1. The molecule has 0 unspecified atom stereocenters. The van der Waals surface area contributed by atoms with Crippen LogP contribution in [0.4, 0.5) is 5.69 Å². The molecule has 5 nitrogen and oxygen atoms in total. The van der Waals surface area contributed by atoms with E-state index in [9.17, 15) is 4.79 Å². The summed E-state index contributed by atoms with van der Waals surface area (Å²) in [6, 6.07) is 22.2. The van der Waals surface area contributed by atoms with Gasteiger partial charge in [0.05, 0.1) is 12.8 Å². The number of amides is 1. The van der Waals surface area contributed by atoms with E-state index in [1.807, 2.05) is 42.5 Å². The molecule has 0 saturated carbocycles. The Morgan fingerprint density at radius 1 is 1.00 bits per heavy atom. The van der Waals surface area contributed by atoms with E-state index in [1.165, 1.54) is 0 Å². The zero-order chi connectivity index (χ0) is 19.5. The van der Waals surface area contributed by atoms with Gasteiger partial charge in [-0.15, -0.1) is 0 Å². The molecular formula is C22H17ClN2O3. The molecule has 2 N–H and O–H groups in total. The zero-order valence-electron chi connectivity index (χ0n) is 15.0. The summed E-state index contributed by atoms with van der Waals surface area (Å²) in [5.74, 6) is 0.475. The van der Waals surface area contributed by atoms with Gasteiger partial charge in [-0.05, 0) is 35.9 Å². The van der Waals surface area contributed by atoms with Gasteiger partial charge in [0, 0.05) is 22.0 Å². The molecule has 140 valence electrons. The van der Waals surface area contributed by atoms with E-state index in [0.29, 0.717) is 22.0 Å². The predicted octanol–water partition coefficient (Wildman–Crippen LogP) is 5.52. The minimum absolute atomic E-state index is 0.212. The Hall–Kier alpha value is -3.44. The number of nitrogens with one attached hydrogen (secondary N) is 2. The molecule has 4 aromatic rings. The van der Waals surface area contributed by atoms with Gasteiger partial charge in [0.25, 0.3) is 0 Å². The van der Waals surface area contributed by atoms with Crippen molar-refractivity contribution >= 4 is 34.2 Å². The van der Waals surface area contributed by atoms with Crippen LogP contribution in [0.15, 0.2) is 77.2 Å². The Labute approximate surface area is 166 Å². The Bertz CT molecular complexity index is 1140. The molecule has 1 heterocycles. The molecule has 0 aliphatic carbocycles. The summed E-state index contributed by atoms with van der Waals surface area (Å²) in [7, 11) is 1.59. The summed E-state index contributed by atoms with van der Waals surface area (Å²) in [6.45, 7) is 0. The van der Waals surface area contributed by atoms with Gasteiger partial charge in [0.1, 0.15) is 11.3 Å². The number of hydrazine groups is 1. The number of anilines is 1. The van der Waals surface area contributed by atoms with Crippen LogP contribution in [0.2, 0.25) is 5.02 Å². The SMILES string of the molecule is COc1ccc2c(-c3ccccc3)c(C(=O)NNc3cccc(Cl)c3)oc2c1. The fraction of sp³-hybridized carbons (Fsp3) is 0.0455. The molecule has 0 fully saturated rings. The van der Waals surface area contributed by atoms with Gasteiger partial charge < -0.3 is 9.15 Å². The van der Waals surface area contributed by atoms with Crippen LogP contribution in [0.3, 0.4) is 0 Å². The van der Waals surface area contributed by atoms with E-state index >= 15 is 0 Å². The number of benzene rings is 3. The Morgan fingerprint density at radius 2 is 1.82 bits per heavy atom. The van der Waals surface area contributed by atoms with Crippen LogP contribution in [0.25, 0.3) is 22.1 Å². The van der Waals surface area contributed by atoms with Gasteiger partial charge in [-0.3, -0.25) is 15.6 Å². The van der Waals surface area contributed by atoms with Gasteiger partial charge in [0.2, 0.25) is 5.76 Å². The lowest BCUT2D eigenvalue weighted by atomic mass is 10.0. The number of carbonyl (C=O) groups excluding carboxylic acids is 1. The molecule has 0 saturated heterocycles. The molecule has 1 aromatic heterocycles. The molecule has 0 spiro atoms. The lowest BCUT2D eigenvalue weighted by Crippen LogP contribution is -2.29. The standard InChI is InChI=1S/C22H17ClN2O3/c1-27-17-10-11-18-19(13-17)28-21(20(18)14-6-3-2-4-7-14)22(26)25-24-16-9-5-8-15(23)12-16/h2-13,24H,1H3,(H,25,26). The minimum Gasteiger partial charge on any atom is -0.497 e. The van der Waals surface area contributed by atoms with Crippen molar-refractivity contribution in [1.82, 2.24) is 5.43 Å². The molecule has 0 radical (unpaired) electrons. The average Bonchev–Trinajstić information content (AvgIpc) is 3.11. The summed E-state index contributed by atoms with van der Waals surface area (Å²) in [5.41, 5.74) is 8.39. The number of methoxy groups -OCH3 is 1. The van der Waals surface area contributed by atoms with Crippen molar-refractivity contribution < 1.29 is 13.9 Å². The summed E-state index contributed by atoms with van der Waals surface area (Å²) < 4.78 is 11.2. The molecular weight excluding hydrogens is 376 g/mol. The number of hydrogen-bond acceptors (Lipinski definition) is 4. The summed E-state index contributed by atoms with van der Waals surface area (Å²) >= 11 is 5.98. The van der Waals surface area contributed by atoms with E-state index < -0.39 is 5.91 Å². The molecule has 28 heavy (non-hydrogen) atoms. The third-order valence-corrected chi connectivity index (χ3v) is 4.55. The van der Waals surface area contributed by atoms with Crippen LogP contribution >= 0.6 is 11.6 Å². The van der Waals surface area contributed by atoms with Crippen LogP contribution in [-0.2, 0) is 0 Å². The third-order valence-electron chi connectivity index (χ3n) is 4.31. The summed E-state index contributed by atoms with van der Waals surface area (Å²) in [4.78, 5) is 12.9. The lowest BCUT2D eigenvalue weighted by molar-refractivity contribution is 0.0938. The largest absolute Gasteiger partial charge is 0.497 e.